The van der Waals surface area contributed by atoms with E-state index in [0.717, 1.165) is 60.5 Å². The van der Waals surface area contributed by atoms with E-state index in [1.807, 2.05) is 30.5 Å². The standard InChI is InChI=1S/C21H21N7O2/c22-20(29)16-4-3-15(12-23-16)27-8-6-26(7-9-27)13-14-10-17-19(24-11-14)18-2-1-5-28(18)21(30)25-17/h1-5,10-12H,6-9,13H2,(H2,22,29)(H,25,30). The molecule has 9 heteroatoms. The number of hydrogen-bond donors (Lipinski definition) is 2. The van der Waals surface area contributed by atoms with Gasteiger partial charge in [0.05, 0.1) is 22.9 Å². The summed E-state index contributed by atoms with van der Waals surface area (Å²) in [5.41, 5.74) is 9.77. The summed E-state index contributed by atoms with van der Waals surface area (Å²) >= 11 is 0. The molecule has 1 amide bonds. The number of nitrogens with two attached hydrogens (primary N) is 1. The van der Waals surface area contributed by atoms with Gasteiger partial charge in [-0.15, -0.1) is 0 Å². The first-order valence-corrected chi connectivity index (χ1v) is 9.79. The molecule has 0 aliphatic carbocycles. The maximum absolute atomic E-state index is 12.2. The van der Waals surface area contributed by atoms with E-state index < -0.39 is 5.91 Å². The molecule has 152 valence electrons. The molecule has 9 nitrogen and oxygen atoms in total. The monoisotopic (exact) mass is 403 g/mol. The van der Waals surface area contributed by atoms with E-state index in [1.165, 1.54) is 0 Å². The van der Waals surface area contributed by atoms with Crippen LogP contribution in [0.4, 0.5) is 5.69 Å². The van der Waals surface area contributed by atoms with Crippen molar-refractivity contribution in [2.75, 3.05) is 31.1 Å². The number of fused-ring (bicyclic) bond motifs is 3. The number of carbonyl (C=O) groups is 1. The van der Waals surface area contributed by atoms with Crippen molar-refractivity contribution in [3.05, 3.63) is 70.7 Å². The number of hydrogen-bond acceptors (Lipinski definition) is 6. The van der Waals surface area contributed by atoms with Crippen molar-refractivity contribution in [3.63, 3.8) is 0 Å². The Morgan fingerprint density at radius 3 is 2.67 bits per heavy atom. The van der Waals surface area contributed by atoms with E-state index in [-0.39, 0.29) is 11.4 Å². The number of carbonyl (C=O) groups excluding carboxylic acids is 1. The van der Waals surface area contributed by atoms with Crippen LogP contribution in [0.5, 0.6) is 0 Å². The molecule has 4 aromatic rings. The molecule has 4 aromatic heterocycles. The summed E-state index contributed by atoms with van der Waals surface area (Å²) in [6.07, 6.45) is 5.31. The first-order chi connectivity index (χ1) is 14.6. The predicted molar refractivity (Wildman–Crippen MR) is 114 cm³/mol. The van der Waals surface area contributed by atoms with Gasteiger partial charge in [-0.05, 0) is 35.9 Å². The lowest BCUT2D eigenvalue weighted by Crippen LogP contribution is -2.46. The lowest BCUT2D eigenvalue weighted by molar-refractivity contribution is 0.0995. The number of piperazine rings is 1. The third kappa shape index (κ3) is 3.29. The summed E-state index contributed by atoms with van der Waals surface area (Å²) in [4.78, 5) is 39.6. The molecule has 1 aliphatic rings. The van der Waals surface area contributed by atoms with Gasteiger partial charge < -0.3 is 15.6 Å². The number of nitrogens with zero attached hydrogens (tertiary/aromatic N) is 5. The Hall–Kier alpha value is -3.72. The van der Waals surface area contributed by atoms with Gasteiger partial charge in [0.25, 0.3) is 5.91 Å². The number of aromatic nitrogens is 4. The van der Waals surface area contributed by atoms with Crippen LogP contribution in [0.2, 0.25) is 0 Å². The molecular weight excluding hydrogens is 382 g/mol. The first kappa shape index (κ1) is 18.3. The summed E-state index contributed by atoms with van der Waals surface area (Å²) in [7, 11) is 0. The minimum Gasteiger partial charge on any atom is -0.368 e. The highest BCUT2D eigenvalue weighted by Gasteiger charge is 2.18. The van der Waals surface area contributed by atoms with Gasteiger partial charge >= 0.3 is 5.69 Å². The summed E-state index contributed by atoms with van der Waals surface area (Å²) in [6, 6.07) is 9.29. The molecule has 0 radical (unpaired) electrons. The SMILES string of the molecule is NC(=O)c1ccc(N2CCN(Cc3cnc4c(c3)[nH]c(=O)n3cccc43)CC2)cn1. The molecule has 1 fully saturated rings. The molecule has 1 aliphatic heterocycles. The van der Waals surface area contributed by atoms with E-state index in [9.17, 15) is 9.59 Å². The number of aromatic amines is 1. The number of amides is 1. The van der Waals surface area contributed by atoms with Crippen molar-refractivity contribution < 1.29 is 4.79 Å². The molecule has 0 unspecified atom stereocenters. The first-order valence-electron chi connectivity index (χ1n) is 9.79. The molecule has 0 aromatic carbocycles. The summed E-state index contributed by atoms with van der Waals surface area (Å²) in [5.74, 6) is -0.519. The molecule has 0 spiro atoms. The average molecular weight is 403 g/mol. The van der Waals surface area contributed by atoms with Gasteiger partial charge in [0.15, 0.2) is 0 Å². The number of anilines is 1. The highest BCUT2D eigenvalue weighted by Crippen LogP contribution is 2.19. The van der Waals surface area contributed by atoms with Crippen molar-refractivity contribution in [1.29, 1.82) is 0 Å². The van der Waals surface area contributed by atoms with Gasteiger partial charge in [0, 0.05) is 45.1 Å². The second-order valence-corrected chi connectivity index (χ2v) is 7.46. The molecule has 0 saturated carbocycles. The zero-order valence-electron chi connectivity index (χ0n) is 16.3. The van der Waals surface area contributed by atoms with Crippen molar-refractivity contribution in [3.8, 4) is 0 Å². The lowest BCUT2D eigenvalue weighted by Gasteiger charge is -2.36. The minimum absolute atomic E-state index is 0.161. The van der Waals surface area contributed by atoms with Gasteiger partial charge in [0.1, 0.15) is 11.2 Å². The maximum atomic E-state index is 12.2. The van der Waals surface area contributed by atoms with Crippen molar-refractivity contribution in [2.24, 2.45) is 5.73 Å². The minimum atomic E-state index is -0.519. The van der Waals surface area contributed by atoms with E-state index in [4.69, 9.17) is 5.73 Å². The third-order valence-corrected chi connectivity index (χ3v) is 5.54. The highest BCUT2D eigenvalue weighted by atomic mass is 16.1. The van der Waals surface area contributed by atoms with E-state index >= 15 is 0 Å². The van der Waals surface area contributed by atoms with Crippen LogP contribution >= 0.6 is 0 Å². The predicted octanol–water partition coefficient (Wildman–Crippen LogP) is 0.992. The Labute approximate surface area is 171 Å². The number of pyridine rings is 2. The lowest BCUT2D eigenvalue weighted by atomic mass is 10.2. The maximum Gasteiger partial charge on any atom is 0.330 e. The van der Waals surface area contributed by atoms with Crippen molar-refractivity contribution in [2.45, 2.75) is 6.54 Å². The van der Waals surface area contributed by atoms with E-state index in [0.29, 0.717) is 0 Å². The van der Waals surface area contributed by atoms with Crippen molar-refractivity contribution in [1.82, 2.24) is 24.3 Å². The Morgan fingerprint density at radius 2 is 1.93 bits per heavy atom. The second-order valence-electron chi connectivity index (χ2n) is 7.46. The van der Waals surface area contributed by atoms with E-state index in [2.05, 4.69) is 24.8 Å². The van der Waals surface area contributed by atoms with Gasteiger partial charge in [-0.2, -0.15) is 0 Å². The zero-order chi connectivity index (χ0) is 20.7. The Morgan fingerprint density at radius 1 is 1.10 bits per heavy atom. The molecule has 3 N–H and O–H groups in total. The fraction of sp³-hybridized carbons (Fsp3) is 0.238. The van der Waals surface area contributed by atoms with Crippen LogP contribution in [0, 0.1) is 0 Å². The number of primary amides is 1. The number of H-pyrrole nitrogens is 1. The average Bonchev–Trinajstić information content (AvgIpc) is 3.25. The van der Waals surface area contributed by atoms with Gasteiger partial charge in [-0.25, -0.2) is 9.78 Å². The van der Waals surface area contributed by atoms with Gasteiger partial charge in [0.2, 0.25) is 0 Å². The summed E-state index contributed by atoms with van der Waals surface area (Å²) in [5, 5.41) is 0. The van der Waals surface area contributed by atoms with Crippen LogP contribution < -0.4 is 16.3 Å². The van der Waals surface area contributed by atoms with Crippen LogP contribution in [0.25, 0.3) is 16.6 Å². The Bertz CT molecular complexity index is 1280. The third-order valence-electron chi connectivity index (χ3n) is 5.54. The zero-order valence-corrected chi connectivity index (χ0v) is 16.3. The quantitative estimate of drug-likeness (QED) is 0.526. The number of rotatable bonds is 4. The highest BCUT2D eigenvalue weighted by molar-refractivity contribution is 5.91. The van der Waals surface area contributed by atoms with Crippen LogP contribution in [-0.2, 0) is 6.54 Å². The fourth-order valence-electron chi connectivity index (χ4n) is 3.96. The smallest absolute Gasteiger partial charge is 0.330 e. The van der Waals surface area contributed by atoms with Crippen LogP contribution in [0.1, 0.15) is 16.1 Å². The van der Waals surface area contributed by atoms with Crippen LogP contribution in [0.15, 0.2) is 53.7 Å². The van der Waals surface area contributed by atoms with Crippen LogP contribution in [-0.4, -0.2) is 56.3 Å². The molecule has 5 heterocycles. The number of nitrogens with one attached hydrogen (secondary N) is 1. The Balaban J connectivity index is 1.28. The van der Waals surface area contributed by atoms with Crippen molar-refractivity contribution >= 4 is 28.1 Å². The summed E-state index contributed by atoms with van der Waals surface area (Å²) < 4.78 is 1.57. The molecule has 5 rings (SSSR count). The van der Waals surface area contributed by atoms with Gasteiger partial charge in [-0.1, -0.05) is 0 Å². The molecular formula is C21H21N7O2. The fourth-order valence-corrected chi connectivity index (χ4v) is 3.96. The van der Waals surface area contributed by atoms with Gasteiger partial charge in [-0.3, -0.25) is 19.1 Å². The normalized spacial score (nSPS) is 15.1. The molecule has 0 bridgehead atoms. The molecule has 30 heavy (non-hydrogen) atoms. The summed E-state index contributed by atoms with van der Waals surface area (Å²) in [6.45, 7) is 4.28. The Kier molecular flexibility index (Phi) is 4.44. The van der Waals surface area contributed by atoms with E-state index in [1.54, 1.807) is 22.9 Å². The largest absolute Gasteiger partial charge is 0.368 e. The molecule has 0 atom stereocenters. The van der Waals surface area contributed by atoms with Crippen LogP contribution in [0.3, 0.4) is 0 Å². The molecule has 1 saturated heterocycles. The second kappa shape index (κ2) is 7.27. The topological polar surface area (TPSA) is 113 Å².